The van der Waals surface area contributed by atoms with Gasteiger partial charge in [0.25, 0.3) is 5.91 Å². The summed E-state index contributed by atoms with van der Waals surface area (Å²) in [4.78, 5) is 12.3. The summed E-state index contributed by atoms with van der Waals surface area (Å²) in [5.74, 6) is -0.619. The Morgan fingerprint density at radius 3 is 2.42 bits per heavy atom. The molecule has 0 saturated heterocycles. The van der Waals surface area contributed by atoms with E-state index in [0.717, 1.165) is 28.5 Å². The lowest BCUT2D eigenvalue weighted by Crippen LogP contribution is -2.13. The summed E-state index contributed by atoms with van der Waals surface area (Å²) in [6.07, 6.45) is -4.50. The largest absolute Gasteiger partial charge is 0.456 e. The van der Waals surface area contributed by atoms with Crippen molar-refractivity contribution in [2.24, 2.45) is 0 Å². The fourth-order valence-corrected chi connectivity index (χ4v) is 2.84. The SMILES string of the molecule is O=C(Nc1ccc2c(c1)oc1ccccc12)c1cccc(C(F)(F)F)c1. The first-order valence-corrected chi connectivity index (χ1v) is 7.82. The Hall–Kier alpha value is -3.28. The Morgan fingerprint density at radius 2 is 1.62 bits per heavy atom. The van der Waals surface area contributed by atoms with E-state index in [1.54, 1.807) is 12.1 Å². The van der Waals surface area contributed by atoms with Crippen LogP contribution in [-0.2, 0) is 6.18 Å². The lowest BCUT2D eigenvalue weighted by Gasteiger charge is -2.09. The number of furan rings is 1. The molecule has 0 fully saturated rings. The van der Waals surface area contributed by atoms with Crippen molar-refractivity contribution < 1.29 is 22.4 Å². The van der Waals surface area contributed by atoms with E-state index in [9.17, 15) is 18.0 Å². The minimum Gasteiger partial charge on any atom is -0.456 e. The fraction of sp³-hybridized carbons (Fsp3) is 0.0500. The van der Waals surface area contributed by atoms with Gasteiger partial charge in [0, 0.05) is 28.1 Å². The molecule has 3 nitrogen and oxygen atoms in total. The number of alkyl halides is 3. The molecule has 0 aliphatic heterocycles. The van der Waals surface area contributed by atoms with Gasteiger partial charge in [-0.15, -0.1) is 0 Å². The van der Waals surface area contributed by atoms with Crippen LogP contribution in [0.3, 0.4) is 0 Å². The third kappa shape index (κ3) is 2.90. The van der Waals surface area contributed by atoms with Crippen LogP contribution in [0, 0.1) is 0 Å². The molecule has 0 radical (unpaired) electrons. The van der Waals surface area contributed by atoms with Gasteiger partial charge < -0.3 is 9.73 Å². The molecule has 0 aliphatic rings. The fourth-order valence-electron chi connectivity index (χ4n) is 2.84. The average Bonchev–Trinajstić information content (AvgIpc) is 2.99. The molecule has 0 bridgehead atoms. The van der Waals surface area contributed by atoms with Crippen LogP contribution >= 0.6 is 0 Å². The lowest BCUT2D eigenvalue weighted by molar-refractivity contribution is -0.137. The normalized spacial score (nSPS) is 11.8. The molecule has 26 heavy (non-hydrogen) atoms. The van der Waals surface area contributed by atoms with Crippen molar-refractivity contribution in [1.82, 2.24) is 0 Å². The molecular weight excluding hydrogens is 343 g/mol. The number of carbonyl (C=O) groups excluding carboxylic acids is 1. The number of anilines is 1. The van der Waals surface area contributed by atoms with E-state index >= 15 is 0 Å². The first kappa shape index (κ1) is 16.2. The number of carbonyl (C=O) groups is 1. The highest BCUT2D eigenvalue weighted by Gasteiger charge is 2.30. The first-order chi connectivity index (χ1) is 12.4. The first-order valence-electron chi connectivity index (χ1n) is 7.82. The van der Waals surface area contributed by atoms with E-state index < -0.39 is 17.6 Å². The molecule has 0 atom stereocenters. The quantitative estimate of drug-likeness (QED) is 0.489. The molecule has 130 valence electrons. The van der Waals surface area contributed by atoms with Crippen molar-refractivity contribution in [3.63, 3.8) is 0 Å². The highest BCUT2D eigenvalue weighted by molar-refractivity contribution is 6.08. The molecule has 4 aromatic rings. The van der Waals surface area contributed by atoms with Gasteiger partial charge in [-0.2, -0.15) is 13.2 Å². The molecule has 0 aliphatic carbocycles. The van der Waals surface area contributed by atoms with Crippen LogP contribution in [0.1, 0.15) is 15.9 Å². The van der Waals surface area contributed by atoms with E-state index in [1.165, 1.54) is 12.1 Å². The van der Waals surface area contributed by atoms with Crippen LogP contribution in [0.15, 0.2) is 71.1 Å². The zero-order valence-corrected chi connectivity index (χ0v) is 13.3. The monoisotopic (exact) mass is 355 g/mol. The van der Waals surface area contributed by atoms with Gasteiger partial charge in [-0.1, -0.05) is 24.3 Å². The smallest absolute Gasteiger partial charge is 0.416 e. The Balaban J connectivity index is 1.64. The van der Waals surface area contributed by atoms with Gasteiger partial charge in [-0.3, -0.25) is 4.79 Å². The Kier molecular flexibility index (Phi) is 3.68. The number of halogens is 3. The van der Waals surface area contributed by atoms with Gasteiger partial charge in [-0.05, 0) is 36.4 Å². The van der Waals surface area contributed by atoms with Crippen molar-refractivity contribution in [3.8, 4) is 0 Å². The number of benzene rings is 3. The Morgan fingerprint density at radius 1 is 0.846 bits per heavy atom. The molecule has 1 amide bonds. The predicted molar refractivity (Wildman–Crippen MR) is 93.1 cm³/mol. The summed E-state index contributed by atoms with van der Waals surface area (Å²) in [7, 11) is 0. The summed E-state index contributed by atoms with van der Waals surface area (Å²) in [6.45, 7) is 0. The zero-order valence-electron chi connectivity index (χ0n) is 13.3. The second kappa shape index (κ2) is 5.91. The highest BCUT2D eigenvalue weighted by Crippen LogP contribution is 2.31. The van der Waals surface area contributed by atoms with Crippen LogP contribution in [0.4, 0.5) is 18.9 Å². The predicted octanol–water partition coefficient (Wildman–Crippen LogP) is 5.86. The third-order valence-electron chi connectivity index (χ3n) is 4.09. The molecule has 1 heterocycles. The van der Waals surface area contributed by atoms with E-state index in [4.69, 9.17) is 4.42 Å². The minimum atomic E-state index is -4.50. The maximum atomic E-state index is 12.8. The topological polar surface area (TPSA) is 42.2 Å². The number of hydrogen-bond donors (Lipinski definition) is 1. The van der Waals surface area contributed by atoms with Gasteiger partial charge >= 0.3 is 6.18 Å². The van der Waals surface area contributed by atoms with E-state index in [2.05, 4.69) is 5.32 Å². The van der Waals surface area contributed by atoms with Crippen molar-refractivity contribution in [1.29, 1.82) is 0 Å². The van der Waals surface area contributed by atoms with Crippen molar-refractivity contribution in [3.05, 3.63) is 77.9 Å². The Bertz CT molecular complexity index is 1130. The number of nitrogens with one attached hydrogen (secondary N) is 1. The summed E-state index contributed by atoms with van der Waals surface area (Å²) in [5.41, 5.74) is 0.832. The third-order valence-corrected chi connectivity index (χ3v) is 4.09. The zero-order chi connectivity index (χ0) is 18.3. The van der Waals surface area contributed by atoms with E-state index in [1.807, 2.05) is 30.3 Å². The summed E-state index contributed by atoms with van der Waals surface area (Å²) < 4.78 is 44.1. The summed E-state index contributed by atoms with van der Waals surface area (Å²) in [5, 5.41) is 4.46. The van der Waals surface area contributed by atoms with Gasteiger partial charge in [0.2, 0.25) is 0 Å². The van der Waals surface area contributed by atoms with Gasteiger partial charge in [0.1, 0.15) is 11.2 Å². The number of para-hydroxylation sites is 1. The van der Waals surface area contributed by atoms with Crippen LogP contribution < -0.4 is 5.32 Å². The number of hydrogen-bond acceptors (Lipinski definition) is 2. The second-order valence-corrected chi connectivity index (χ2v) is 5.84. The van der Waals surface area contributed by atoms with Crippen LogP contribution in [0.2, 0.25) is 0 Å². The van der Waals surface area contributed by atoms with Gasteiger partial charge in [0.15, 0.2) is 0 Å². The molecule has 0 spiro atoms. The second-order valence-electron chi connectivity index (χ2n) is 5.84. The number of amides is 1. The highest BCUT2D eigenvalue weighted by atomic mass is 19.4. The minimum absolute atomic E-state index is 0.0653. The van der Waals surface area contributed by atoms with Crippen molar-refractivity contribution >= 4 is 33.5 Å². The lowest BCUT2D eigenvalue weighted by atomic mass is 10.1. The van der Waals surface area contributed by atoms with Crippen LogP contribution in [0.5, 0.6) is 0 Å². The average molecular weight is 355 g/mol. The van der Waals surface area contributed by atoms with E-state index in [0.29, 0.717) is 11.3 Å². The molecule has 0 saturated carbocycles. The molecule has 4 rings (SSSR count). The van der Waals surface area contributed by atoms with E-state index in [-0.39, 0.29) is 5.56 Å². The molecular formula is C20H12F3NO2. The van der Waals surface area contributed by atoms with Crippen LogP contribution in [0.25, 0.3) is 21.9 Å². The van der Waals surface area contributed by atoms with Gasteiger partial charge in [-0.25, -0.2) is 0 Å². The molecule has 1 aromatic heterocycles. The van der Waals surface area contributed by atoms with Crippen molar-refractivity contribution in [2.45, 2.75) is 6.18 Å². The molecule has 1 N–H and O–H groups in total. The number of rotatable bonds is 2. The maximum absolute atomic E-state index is 12.8. The standard InChI is InChI=1S/C20H12F3NO2/c21-20(22,23)13-5-3-4-12(10-13)19(25)24-14-8-9-16-15-6-1-2-7-17(15)26-18(16)11-14/h1-11H,(H,24,25). The molecule has 6 heteroatoms. The molecule has 3 aromatic carbocycles. The van der Waals surface area contributed by atoms with Crippen LogP contribution in [-0.4, -0.2) is 5.91 Å². The Labute approximate surface area is 146 Å². The van der Waals surface area contributed by atoms with Crippen molar-refractivity contribution in [2.75, 3.05) is 5.32 Å². The maximum Gasteiger partial charge on any atom is 0.416 e. The summed E-state index contributed by atoms with van der Waals surface area (Å²) in [6, 6.07) is 17.0. The van der Waals surface area contributed by atoms with Gasteiger partial charge in [0.05, 0.1) is 5.56 Å². The molecule has 0 unspecified atom stereocenters. The number of fused-ring (bicyclic) bond motifs is 3. The summed E-state index contributed by atoms with van der Waals surface area (Å²) >= 11 is 0.